The van der Waals surface area contributed by atoms with Gasteiger partial charge in [-0.05, 0) is 58.8 Å². The Bertz CT molecular complexity index is 677. The molecule has 2 N–H and O–H groups in total. The highest BCUT2D eigenvalue weighted by atomic mass is 127. The van der Waals surface area contributed by atoms with Crippen LogP contribution in [0.4, 0.5) is 4.39 Å². The molecule has 1 heterocycles. The summed E-state index contributed by atoms with van der Waals surface area (Å²) in [6.07, 6.45) is 2.75. The Kier molecular flexibility index (Phi) is 5.84. The van der Waals surface area contributed by atoms with Gasteiger partial charge in [0.05, 0.1) is 6.10 Å². The first-order valence-corrected chi connectivity index (χ1v) is 7.88. The van der Waals surface area contributed by atoms with Crippen LogP contribution in [-0.2, 0) is 6.42 Å². The molecule has 1 aromatic carbocycles. The Balaban J connectivity index is 2.22. The summed E-state index contributed by atoms with van der Waals surface area (Å²) in [5, 5.41) is 11.9. The van der Waals surface area contributed by atoms with Crippen LogP contribution in [0.3, 0.4) is 0 Å². The topological polar surface area (TPSA) is 62.2 Å². The molecule has 1 atom stereocenters. The number of aliphatic hydroxyl groups excluding tert-OH is 1. The van der Waals surface area contributed by atoms with Gasteiger partial charge in [-0.25, -0.2) is 4.39 Å². The number of hydrogen-bond acceptors (Lipinski definition) is 3. The van der Waals surface area contributed by atoms with Crippen LogP contribution in [0, 0.1) is 9.39 Å². The molecular formula is C16H16FIN2O2. The van der Waals surface area contributed by atoms with Gasteiger partial charge in [0, 0.05) is 34.5 Å². The number of carbonyl (C=O) groups excluding carboxylic acids is 1. The number of nitrogens with zero attached hydrogens (tertiary/aromatic N) is 1. The first-order chi connectivity index (χ1) is 10.5. The van der Waals surface area contributed by atoms with E-state index in [1.807, 2.05) is 28.7 Å². The molecule has 0 spiro atoms. The van der Waals surface area contributed by atoms with Crippen LogP contribution in [0.2, 0.25) is 0 Å². The number of carbonyl (C=O) groups is 1. The van der Waals surface area contributed by atoms with E-state index in [0.717, 1.165) is 3.57 Å². The minimum atomic E-state index is -0.622. The normalized spacial score (nSPS) is 12.0. The van der Waals surface area contributed by atoms with Crippen LogP contribution < -0.4 is 5.32 Å². The summed E-state index contributed by atoms with van der Waals surface area (Å²) in [6.45, 7) is 1.76. The van der Waals surface area contributed by atoms with E-state index in [9.17, 15) is 14.3 Å². The van der Waals surface area contributed by atoms with Gasteiger partial charge in [-0.3, -0.25) is 9.78 Å². The van der Waals surface area contributed by atoms with Gasteiger partial charge < -0.3 is 10.4 Å². The van der Waals surface area contributed by atoms with Crippen molar-refractivity contribution < 1.29 is 14.3 Å². The zero-order valence-electron chi connectivity index (χ0n) is 12.0. The number of amides is 1. The van der Waals surface area contributed by atoms with Crippen molar-refractivity contribution in [3.8, 4) is 0 Å². The molecule has 0 aliphatic heterocycles. The predicted octanol–water partition coefficient (Wildman–Crippen LogP) is 2.53. The fourth-order valence-electron chi connectivity index (χ4n) is 2.00. The molecular weight excluding hydrogens is 398 g/mol. The highest BCUT2D eigenvalue weighted by Crippen LogP contribution is 2.18. The quantitative estimate of drug-likeness (QED) is 0.740. The SMILES string of the molecule is CC(O)CNC(=O)c1ccncc1Cc1ccc(I)cc1F. The van der Waals surface area contributed by atoms with E-state index in [4.69, 9.17) is 0 Å². The van der Waals surface area contributed by atoms with Crippen LogP contribution in [-0.4, -0.2) is 28.6 Å². The van der Waals surface area contributed by atoms with Crippen molar-refractivity contribution in [3.05, 3.63) is 62.7 Å². The lowest BCUT2D eigenvalue weighted by molar-refractivity contribution is 0.0923. The Labute approximate surface area is 141 Å². The number of nitrogens with one attached hydrogen (secondary N) is 1. The molecule has 2 rings (SSSR count). The molecule has 0 aliphatic rings. The molecule has 116 valence electrons. The van der Waals surface area contributed by atoms with Crippen molar-refractivity contribution in [2.45, 2.75) is 19.4 Å². The van der Waals surface area contributed by atoms with Crippen LogP contribution in [0.1, 0.15) is 28.4 Å². The maximum Gasteiger partial charge on any atom is 0.251 e. The lowest BCUT2D eigenvalue weighted by Crippen LogP contribution is -2.31. The molecule has 2 aromatic rings. The molecule has 4 nitrogen and oxygen atoms in total. The standard InChI is InChI=1S/C16H16FIN2O2/c1-10(21)8-20-16(22)14-4-5-19-9-12(14)6-11-2-3-13(18)7-15(11)17/h2-5,7,9-10,21H,6,8H2,1H3,(H,20,22). The van der Waals surface area contributed by atoms with Gasteiger partial charge in [0.25, 0.3) is 5.91 Å². The number of pyridine rings is 1. The van der Waals surface area contributed by atoms with Gasteiger partial charge in [-0.2, -0.15) is 0 Å². The van der Waals surface area contributed by atoms with Crippen LogP contribution in [0.15, 0.2) is 36.7 Å². The van der Waals surface area contributed by atoms with E-state index >= 15 is 0 Å². The highest BCUT2D eigenvalue weighted by molar-refractivity contribution is 14.1. The number of halogens is 2. The van der Waals surface area contributed by atoms with E-state index in [1.54, 1.807) is 25.3 Å². The van der Waals surface area contributed by atoms with E-state index < -0.39 is 6.10 Å². The van der Waals surface area contributed by atoms with Crippen LogP contribution in [0.5, 0.6) is 0 Å². The molecule has 0 radical (unpaired) electrons. The van der Waals surface area contributed by atoms with Gasteiger partial charge in [0.1, 0.15) is 5.82 Å². The summed E-state index contributed by atoms with van der Waals surface area (Å²) in [4.78, 5) is 16.2. The third kappa shape index (κ3) is 4.48. The number of rotatable bonds is 5. The average Bonchev–Trinajstić information content (AvgIpc) is 2.48. The maximum absolute atomic E-state index is 14.0. The molecule has 0 bridgehead atoms. The lowest BCUT2D eigenvalue weighted by atomic mass is 10.0. The van der Waals surface area contributed by atoms with Gasteiger partial charge >= 0.3 is 0 Å². The summed E-state index contributed by atoms with van der Waals surface area (Å²) < 4.78 is 14.8. The minimum absolute atomic E-state index is 0.165. The molecule has 0 saturated heterocycles. The molecule has 0 aliphatic carbocycles. The fraction of sp³-hybridized carbons (Fsp3) is 0.250. The van der Waals surface area contributed by atoms with E-state index in [0.29, 0.717) is 16.7 Å². The second-order valence-corrected chi connectivity index (χ2v) is 6.25. The number of hydrogen-bond donors (Lipinski definition) is 2. The lowest BCUT2D eigenvalue weighted by Gasteiger charge is -2.11. The predicted molar refractivity (Wildman–Crippen MR) is 90.2 cm³/mol. The largest absolute Gasteiger partial charge is 0.392 e. The zero-order valence-corrected chi connectivity index (χ0v) is 14.2. The van der Waals surface area contributed by atoms with Crippen molar-refractivity contribution in [2.75, 3.05) is 6.54 Å². The third-order valence-corrected chi connectivity index (χ3v) is 3.77. The average molecular weight is 414 g/mol. The van der Waals surface area contributed by atoms with Gasteiger partial charge in [-0.1, -0.05) is 6.07 Å². The first-order valence-electron chi connectivity index (χ1n) is 6.80. The van der Waals surface area contributed by atoms with E-state index in [-0.39, 0.29) is 24.7 Å². The van der Waals surface area contributed by atoms with Gasteiger partial charge in [0.15, 0.2) is 0 Å². The minimum Gasteiger partial charge on any atom is -0.392 e. The molecule has 6 heteroatoms. The van der Waals surface area contributed by atoms with Gasteiger partial charge in [-0.15, -0.1) is 0 Å². The Morgan fingerprint density at radius 1 is 1.41 bits per heavy atom. The zero-order chi connectivity index (χ0) is 16.1. The number of benzene rings is 1. The second-order valence-electron chi connectivity index (χ2n) is 5.00. The summed E-state index contributed by atoms with van der Waals surface area (Å²) in [5.74, 6) is -0.602. The summed E-state index contributed by atoms with van der Waals surface area (Å²) >= 11 is 2.05. The van der Waals surface area contributed by atoms with Crippen molar-refractivity contribution >= 4 is 28.5 Å². The number of aromatic nitrogens is 1. The summed E-state index contributed by atoms with van der Waals surface area (Å²) in [5.41, 5.74) is 1.59. The highest BCUT2D eigenvalue weighted by Gasteiger charge is 2.14. The third-order valence-electron chi connectivity index (χ3n) is 3.10. The monoisotopic (exact) mass is 414 g/mol. The van der Waals surface area contributed by atoms with Gasteiger partial charge in [0.2, 0.25) is 0 Å². The number of aliphatic hydroxyl groups is 1. The summed E-state index contributed by atoms with van der Waals surface area (Å²) in [6, 6.07) is 6.58. The Morgan fingerprint density at radius 3 is 2.86 bits per heavy atom. The smallest absolute Gasteiger partial charge is 0.251 e. The summed E-state index contributed by atoms with van der Waals surface area (Å²) in [7, 11) is 0. The maximum atomic E-state index is 14.0. The molecule has 0 saturated carbocycles. The second kappa shape index (κ2) is 7.64. The van der Waals surface area contributed by atoms with E-state index in [2.05, 4.69) is 10.3 Å². The van der Waals surface area contributed by atoms with Crippen LogP contribution in [0.25, 0.3) is 0 Å². The van der Waals surface area contributed by atoms with Crippen molar-refractivity contribution in [1.82, 2.24) is 10.3 Å². The molecule has 1 amide bonds. The fourth-order valence-corrected chi connectivity index (χ4v) is 2.45. The molecule has 1 aromatic heterocycles. The molecule has 0 fully saturated rings. The molecule has 22 heavy (non-hydrogen) atoms. The van der Waals surface area contributed by atoms with E-state index in [1.165, 1.54) is 12.3 Å². The van der Waals surface area contributed by atoms with Crippen molar-refractivity contribution in [2.24, 2.45) is 0 Å². The van der Waals surface area contributed by atoms with Crippen molar-refractivity contribution in [1.29, 1.82) is 0 Å². The van der Waals surface area contributed by atoms with Crippen LogP contribution >= 0.6 is 22.6 Å². The Hall–Kier alpha value is -1.54. The Morgan fingerprint density at radius 2 is 2.18 bits per heavy atom. The first kappa shape index (κ1) is 16.8. The van der Waals surface area contributed by atoms with Crippen molar-refractivity contribution in [3.63, 3.8) is 0 Å². The molecule has 1 unspecified atom stereocenters.